The second-order valence-corrected chi connectivity index (χ2v) is 4.31. The molecule has 4 atom stereocenters. The molecule has 1 rings (SSSR count). The first-order chi connectivity index (χ1) is 8.25. The molecule has 0 bridgehead atoms. The lowest BCUT2D eigenvalue weighted by Gasteiger charge is -2.34. The van der Waals surface area contributed by atoms with Crippen molar-refractivity contribution in [1.82, 2.24) is 0 Å². The van der Waals surface area contributed by atoms with E-state index in [1.54, 1.807) is 0 Å². The fraction of sp³-hybridized carbons (Fsp3) is 0.600. The van der Waals surface area contributed by atoms with E-state index in [1.807, 2.05) is 0 Å². The Labute approximate surface area is 101 Å². The number of carbonyl (C=O) groups is 4. The molecule has 0 radical (unpaired) electrons. The summed E-state index contributed by atoms with van der Waals surface area (Å²) in [6.45, 7) is 0. The molecule has 4 unspecified atom stereocenters. The number of nitrogens with two attached hydrogens (primary N) is 1. The summed E-state index contributed by atoms with van der Waals surface area (Å²) in [4.78, 5) is 44.0. The van der Waals surface area contributed by atoms with Crippen LogP contribution in [0.2, 0.25) is 0 Å². The van der Waals surface area contributed by atoms with Crippen LogP contribution in [0.3, 0.4) is 0 Å². The topological polar surface area (TPSA) is 155 Å². The number of aliphatic carboxylic acids is 3. The third kappa shape index (κ3) is 2.58. The monoisotopic (exact) mass is 259 g/mol. The molecule has 0 heterocycles. The summed E-state index contributed by atoms with van der Waals surface area (Å²) in [6.07, 6.45) is -0.770. The van der Waals surface area contributed by atoms with Gasteiger partial charge in [-0.1, -0.05) is 0 Å². The zero-order valence-electron chi connectivity index (χ0n) is 9.28. The largest absolute Gasteiger partial charge is 0.481 e. The van der Waals surface area contributed by atoms with E-state index in [4.69, 9.17) is 21.1 Å². The van der Waals surface area contributed by atoms with Crippen molar-refractivity contribution in [3.63, 3.8) is 0 Å². The van der Waals surface area contributed by atoms with Crippen LogP contribution in [0.15, 0.2) is 0 Å². The molecular formula is C10H13NO7. The highest BCUT2D eigenvalue weighted by Crippen LogP contribution is 2.38. The summed E-state index contributed by atoms with van der Waals surface area (Å²) >= 11 is 0. The molecule has 0 aliphatic heterocycles. The van der Waals surface area contributed by atoms with Gasteiger partial charge in [0.05, 0.1) is 23.7 Å². The molecule has 18 heavy (non-hydrogen) atoms. The highest BCUT2D eigenvalue weighted by molar-refractivity contribution is 5.87. The Morgan fingerprint density at radius 2 is 1.00 bits per heavy atom. The minimum atomic E-state index is -1.38. The van der Waals surface area contributed by atoms with Crippen molar-refractivity contribution >= 4 is 23.8 Å². The van der Waals surface area contributed by atoms with Gasteiger partial charge in [0.2, 0.25) is 5.91 Å². The fourth-order valence-electron chi connectivity index (χ4n) is 2.34. The number of carboxylic acid groups (broad SMARTS) is 3. The lowest BCUT2D eigenvalue weighted by atomic mass is 9.68. The summed E-state index contributed by atoms with van der Waals surface area (Å²) in [5.41, 5.74) is 5.04. The van der Waals surface area contributed by atoms with Crippen LogP contribution in [0.1, 0.15) is 12.8 Å². The van der Waals surface area contributed by atoms with Crippen LogP contribution in [0, 0.1) is 23.7 Å². The fourth-order valence-corrected chi connectivity index (χ4v) is 2.34. The number of hydrogen-bond donors (Lipinski definition) is 4. The van der Waals surface area contributed by atoms with Crippen LogP contribution in [-0.4, -0.2) is 39.1 Å². The zero-order chi connectivity index (χ0) is 14.0. The van der Waals surface area contributed by atoms with E-state index in [2.05, 4.69) is 0 Å². The molecule has 1 saturated carbocycles. The van der Waals surface area contributed by atoms with Crippen LogP contribution < -0.4 is 5.73 Å². The van der Waals surface area contributed by atoms with Gasteiger partial charge in [-0.25, -0.2) is 0 Å². The van der Waals surface area contributed by atoms with Gasteiger partial charge in [0.1, 0.15) is 0 Å². The molecule has 1 aliphatic rings. The van der Waals surface area contributed by atoms with Crippen LogP contribution >= 0.6 is 0 Å². The van der Waals surface area contributed by atoms with Crippen LogP contribution in [0.25, 0.3) is 0 Å². The second kappa shape index (κ2) is 5.03. The number of carboxylic acids is 3. The minimum absolute atomic E-state index is 0.362. The van der Waals surface area contributed by atoms with Gasteiger partial charge < -0.3 is 21.1 Å². The van der Waals surface area contributed by atoms with E-state index in [-0.39, 0.29) is 6.42 Å². The third-order valence-corrected chi connectivity index (χ3v) is 3.30. The average molecular weight is 259 g/mol. The van der Waals surface area contributed by atoms with Crippen LogP contribution in [0.4, 0.5) is 0 Å². The normalized spacial score (nSPS) is 31.6. The Morgan fingerprint density at radius 3 is 1.28 bits per heavy atom. The summed E-state index contributed by atoms with van der Waals surface area (Å²) in [5, 5.41) is 26.8. The maximum absolute atomic E-state index is 11.1. The Kier molecular flexibility index (Phi) is 3.89. The molecule has 5 N–H and O–H groups in total. The van der Waals surface area contributed by atoms with Crippen molar-refractivity contribution in [2.45, 2.75) is 12.8 Å². The van der Waals surface area contributed by atoms with Crippen molar-refractivity contribution in [3.05, 3.63) is 0 Å². The minimum Gasteiger partial charge on any atom is -0.481 e. The number of amides is 1. The maximum atomic E-state index is 11.1. The summed E-state index contributed by atoms with van der Waals surface area (Å²) in [6, 6.07) is 0. The van der Waals surface area contributed by atoms with Crippen LogP contribution in [-0.2, 0) is 19.2 Å². The summed E-state index contributed by atoms with van der Waals surface area (Å²) in [7, 11) is 0. The maximum Gasteiger partial charge on any atom is 0.307 e. The zero-order valence-corrected chi connectivity index (χ0v) is 9.28. The smallest absolute Gasteiger partial charge is 0.307 e. The predicted octanol–water partition coefficient (Wildman–Crippen LogP) is -1.02. The van der Waals surface area contributed by atoms with Crippen molar-refractivity contribution in [2.75, 3.05) is 0 Å². The van der Waals surface area contributed by atoms with Gasteiger partial charge in [-0.15, -0.1) is 0 Å². The Bertz CT molecular complexity index is 331. The molecular weight excluding hydrogens is 246 g/mol. The van der Waals surface area contributed by atoms with E-state index in [0.717, 1.165) is 0 Å². The molecule has 100 valence electrons. The molecule has 8 heteroatoms. The van der Waals surface area contributed by atoms with E-state index in [9.17, 15) is 19.2 Å². The van der Waals surface area contributed by atoms with Gasteiger partial charge in [0, 0.05) is 0 Å². The molecule has 1 fully saturated rings. The van der Waals surface area contributed by atoms with Crippen molar-refractivity contribution in [3.8, 4) is 0 Å². The molecule has 0 spiro atoms. The number of carbonyl (C=O) groups excluding carboxylic acids is 1. The van der Waals surface area contributed by atoms with Crippen molar-refractivity contribution in [1.29, 1.82) is 0 Å². The Hall–Kier alpha value is -2.12. The van der Waals surface area contributed by atoms with Gasteiger partial charge in [-0.05, 0) is 12.8 Å². The van der Waals surface area contributed by atoms with Gasteiger partial charge in [0.25, 0.3) is 0 Å². The Balaban J connectivity index is 3.06. The van der Waals surface area contributed by atoms with Crippen molar-refractivity contribution < 1.29 is 34.5 Å². The highest BCUT2D eigenvalue weighted by Gasteiger charge is 2.48. The molecule has 0 aromatic rings. The standard InChI is InChI=1S/C10H13NO7/c11-7(12)3-1-5(9(15)16)6(10(17)18)2-4(3)8(13)14/h3-6H,1-2H2,(H2,11,12)(H,13,14)(H,15,16)(H,17,18). The molecule has 0 aromatic carbocycles. The number of rotatable bonds is 4. The molecule has 1 aliphatic carbocycles. The van der Waals surface area contributed by atoms with E-state index < -0.39 is 53.9 Å². The molecule has 0 aromatic heterocycles. The second-order valence-electron chi connectivity index (χ2n) is 4.31. The summed E-state index contributed by atoms with van der Waals surface area (Å²) < 4.78 is 0. The molecule has 8 nitrogen and oxygen atoms in total. The molecule has 0 saturated heterocycles. The van der Waals surface area contributed by atoms with Gasteiger partial charge >= 0.3 is 17.9 Å². The highest BCUT2D eigenvalue weighted by atomic mass is 16.4. The van der Waals surface area contributed by atoms with Gasteiger partial charge in [0.15, 0.2) is 0 Å². The lowest BCUT2D eigenvalue weighted by molar-refractivity contribution is -0.163. The van der Waals surface area contributed by atoms with Gasteiger partial charge in [-0.2, -0.15) is 0 Å². The van der Waals surface area contributed by atoms with Crippen molar-refractivity contribution in [2.24, 2.45) is 29.4 Å². The third-order valence-electron chi connectivity index (χ3n) is 3.30. The average Bonchev–Trinajstić information content (AvgIpc) is 2.26. The summed E-state index contributed by atoms with van der Waals surface area (Å²) in [5.74, 6) is -10.0. The van der Waals surface area contributed by atoms with Gasteiger partial charge in [-0.3, -0.25) is 19.2 Å². The first-order valence-electron chi connectivity index (χ1n) is 5.23. The van der Waals surface area contributed by atoms with E-state index in [1.165, 1.54) is 0 Å². The lowest BCUT2D eigenvalue weighted by Crippen LogP contribution is -2.46. The first-order valence-corrected chi connectivity index (χ1v) is 5.23. The van der Waals surface area contributed by atoms with E-state index >= 15 is 0 Å². The SMILES string of the molecule is NC(=O)C1CC(C(=O)O)C(C(=O)O)CC1C(=O)O. The van der Waals surface area contributed by atoms with Crippen LogP contribution in [0.5, 0.6) is 0 Å². The number of primary amides is 1. The first kappa shape index (κ1) is 13.9. The quantitative estimate of drug-likeness (QED) is 0.503. The van der Waals surface area contributed by atoms with E-state index in [0.29, 0.717) is 0 Å². The number of hydrogen-bond acceptors (Lipinski definition) is 4. The predicted molar refractivity (Wildman–Crippen MR) is 55.3 cm³/mol. The Morgan fingerprint density at radius 1 is 0.722 bits per heavy atom. The molecule has 1 amide bonds.